The minimum absolute atomic E-state index is 0.0659. The number of nitrogens with zero attached hydrogens (tertiary/aromatic N) is 1. The van der Waals surface area contributed by atoms with Crippen LogP contribution in [0.4, 0.5) is 0 Å². The first-order valence-electron chi connectivity index (χ1n) is 5.38. The summed E-state index contributed by atoms with van der Waals surface area (Å²) in [7, 11) is 0. The Morgan fingerprint density at radius 1 is 1.44 bits per heavy atom. The van der Waals surface area contributed by atoms with E-state index >= 15 is 0 Å². The molecule has 0 radical (unpaired) electrons. The van der Waals surface area contributed by atoms with Crippen LogP contribution < -0.4 is 5.73 Å². The highest BCUT2D eigenvalue weighted by Gasteiger charge is 2.13. The molecule has 0 spiro atoms. The number of thiazole rings is 1. The van der Waals surface area contributed by atoms with E-state index in [0.717, 1.165) is 21.4 Å². The fourth-order valence-corrected chi connectivity index (χ4v) is 3.22. The predicted octanol–water partition coefficient (Wildman–Crippen LogP) is 4.10. The molecule has 2 aromatic rings. The molecule has 2 N–H and O–H groups in total. The third-order valence-electron chi connectivity index (χ3n) is 2.41. The normalized spacial score (nSPS) is 13.6. The van der Waals surface area contributed by atoms with Crippen LogP contribution in [0.3, 0.4) is 0 Å². The standard InChI is InChI=1S/C12H15BrN2S/c1-7(2)5-9(14)12-15-10-4-3-8(13)6-11(10)16-12/h3-4,6-7,9H,5,14H2,1-2H3. The van der Waals surface area contributed by atoms with Gasteiger partial charge in [-0.3, -0.25) is 0 Å². The first-order valence-corrected chi connectivity index (χ1v) is 6.99. The second kappa shape index (κ2) is 4.82. The molecule has 1 atom stereocenters. The maximum Gasteiger partial charge on any atom is 0.111 e. The molecule has 0 aliphatic carbocycles. The Hall–Kier alpha value is -0.450. The minimum Gasteiger partial charge on any atom is -0.322 e. The number of aromatic nitrogens is 1. The first kappa shape index (κ1) is 12.0. The van der Waals surface area contributed by atoms with E-state index < -0.39 is 0 Å². The highest BCUT2D eigenvalue weighted by molar-refractivity contribution is 9.10. The summed E-state index contributed by atoms with van der Waals surface area (Å²) < 4.78 is 2.29. The monoisotopic (exact) mass is 298 g/mol. The maximum absolute atomic E-state index is 6.13. The van der Waals surface area contributed by atoms with Crippen molar-refractivity contribution in [3.8, 4) is 0 Å². The molecule has 1 heterocycles. The highest BCUT2D eigenvalue weighted by atomic mass is 79.9. The molecular formula is C12H15BrN2S. The Labute approximate surface area is 108 Å². The van der Waals surface area contributed by atoms with Gasteiger partial charge in [-0.1, -0.05) is 29.8 Å². The number of benzene rings is 1. The van der Waals surface area contributed by atoms with Crippen LogP contribution in [0.5, 0.6) is 0 Å². The van der Waals surface area contributed by atoms with Gasteiger partial charge in [0.15, 0.2) is 0 Å². The minimum atomic E-state index is 0.0659. The SMILES string of the molecule is CC(C)CC(N)c1nc2ccc(Br)cc2s1. The molecule has 86 valence electrons. The van der Waals surface area contributed by atoms with E-state index in [0.29, 0.717) is 5.92 Å². The summed E-state index contributed by atoms with van der Waals surface area (Å²) in [6, 6.07) is 6.20. The summed E-state index contributed by atoms with van der Waals surface area (Å²) in [5, 5.41) is 1.04. The van der Waals surface area contributed by atoms with Crippen LogP contribution in [0.15, 0.2) is 22.7 Å². The van der Waals surface area contributed by atoms with Gasteiger partial charge in [0.25, 0.3) is 0 Å². The zero-order valence-electron chi connectivity index (χ0n) is 9.40. The lowest BCUT2D eigenvalue weighted by atomic mass is 10.1. The fourth-order valence-electron chi connectivity index (χ4n) is 1.68. The van der Waals surface area contributed by atoms with Gasteiger partial charge >= 0.3 is 0 Å². The molecule has 1 aromatic heterocycles. The molecule has 4 heteroatoms. The number of hydrogen-bond donors (Lipinski definition) is 1. The smallest absolute Gasteiger partial charge is 0.111 e. The van der Waals surface area contributed by atoms with E-state index in [9.17, 15) is 0 Å². The van der Waals surface area contributed by atoms with Crippen molar-refractivity contribution in [1.29, 1.82) is 0 Å². The van der Waals surface area contributed by atoms with E-state index in [2.05, 4.69) is 40.8 Å². The van der Waals surface area contributed by atoms with E-state index in [1.807, 2.05) is 12.1 Å². The van der Waals surface area contributed by atoms with Crippen LogP contribution >= 0.6 is 27.3 Å². The van der Waals surface area contributed by atoms with Crippen molar-refractivity contribution in [2.75, 3.05) is 0 Å². The lowest BCUT2D eigenvalue weighted by Gasteiger charge is -2.10. The molecule has 0 bridgehead atoms. The Bertz CT molecular complexity index is 493. The van der Waals surface area contributed by atoms with Gasteiger partial charge in [0.1, 0.15) is 5.01 Å². The van der Waals surface area contributed by atoms with Crippen molar-refractivity contribution in [3.63, 3.8) is 0 Å². The summed E-state index contributed by atoms with van der Waals surface area (Å²) in [6.45, 7) is 4.37. The number of rotatable bonds is 3. The van der Waals surface area contributed by atoms with E-state index in [1.165, 1.54) is 4.70 Å². The topological polar surface area (TPSA) is 38.9 Å². The van der Waals surface area contributed by atoms with Gasteiger partial charge in [-0.25, -0.2) is 4.98 Å². The largest absolute Gasteiger partial charge is 0.322 e. The van der Waals surface area contributed by atoms with Gasteiger partial charge in [-0.05, 0) is 30.5 Å². The van der Waals surface area contributed by atoms with E-state index in [4.69, 9.17) is 5.73 Å². The van der Waals surface area contributed by atoms with Gasteiger partial charge < -0.3 is 5.73 Å². The molecule has 0 saturated carbocycles. The van der Waals surface area contributed by atoms with Crippen molar-refractivity contribution < 1.29 is 0 Å². The van der Waals surface area contributed by atoms with Crippen molar-refractivity contribution in [1.82, 2.24) is 4.98 Å². The highest BCUT2D eigenvalue weighted by Crippen LogP contribution is 2.30. The second-order valence-corrected chi connectivity index (χ2v) is 6.38. The second-order valence-electron chi connectivity index (χ2n) is 4.40. The Morgan fingerprint density at radius 3 is 2.88 bits per heavy atom. The van der Waals surface area contributed by atoms with E-state index in [-0.39, 0.29) is 6.04 Å². The summed E-state index contributed by atoms with van der Waals surface area (Å²) in [5.74, 6) is 0.605. The average molecular weight is 299 g/mol. The van der Waals surface area contributed by atoms with Gasteiger partial charge in [0, 0.05) is 4.47 Å². The Balaban J connectivity index is 2.32. The van der Waals surface area contributed by atoms with Crippen LogP contribution in [0, 0.1) is 5.92 Å². The van der Waals surface area contributed by atoms with E-state index in [1.54, 1.807) is 11.3 Å². The van der Waals surface area contributed by atoms with Crippen LogP contribution in [-0.4, -0.2) is 4.98 Å². The van der Waals surface area contributed by atoms with Crippen LogP contribution in [0.1, 0.15) is 31.3 Å². The molecular weight excluding hydrogens is 284 g/mol. The molecule has 0 fully saturated rings. The molecule has 16 heavy (non-hydrogen) atoms. The van der Waals surface area contributed by atoms with Gasteiger partial charge in [0.2, 0.25) is 0 Å². The first-order chi connectivity index (χ1) is 7.56. The lowest BCUT2D eigenvalue weighted by molar-refractivity contribution is 0.509. The zero-order valence-corrected chi connectivity index (χ0v) is 11.8. The number of hydrogen-bond acceptors (Lipinski definition) is 3. The van der Waals surface area contributed by atoms with Crippen molar-refractivity contribution >= 4 is 37.5 Å². The van der Waals surface area contributed by atoms with Crippen molar-refractivity contribution in [3.05, 3.63) is 27.7 Å². The Morgan fingerprint density at radius 2 is 2.19 bits per heavy atom. The van der Waals surface area contributed by atoms with Gasteiger partial charge in [0.05, 0.1) is 16.3 Å². The molecule has 1 unspecified atom stereocenters. The van der Waals surface area contributed by atoms with Crippen molar-refractivity contribution in [2.24, 2.45) is 11.7 Å². The van der Waals surface area contributed by atoms with Crippen LogP contribution in [0.2, 0.25) is 0 Å². The lowest BCUT2D eigenvalue weighted by Crippen LogP contribution is -2.12. The van der Waals surface area contributed by atoms with Crippen molar-refractivity contribution in [2.45, 2.75) is 26.3 Å². The third kappa shape index (κ3) is 2.62. The van der Waals surface area contributed by atoms with Gasteiger partial charge in [-0.2, -0.15) is 0 Å². The number of nitrogens with two attached hydrogens (primary N) is 1. The molecule has 2 rings (SSSR count). The van der Waals surface area contributed by atoms with Gasteiger partial charge in [-0.15, -0.1) is 11.3 Å². The molecule has 0 aliphatic rings. The average Bonchev–Trinajstić information content (AvgIpc) is 2.59. The quantitative estimate of drug-likeness (QED) is 0.926. The molecule has 0 saturated heterocycles. The predicted molar refractivity (Wildman–Crippen MR) is 73.7 cm³/mol. The third-order valence-corrected chi connectivity index (χ3v) is 4.05. The summed E-state index contributed by atoms with van der Waals surface area (Å²) in [5.41, 5.74) is 7.18. The summed E-state index contributed by atoms with van der Waals surface area (Å²) in [4.78, 5) is 4.58. The van der Waals surface area contributed by atoms with Crippen LogP contribution in [0.25, 0.3) is 10.2 Å². The fraction of sp³-hybridized carbons (Fsp3) is 0.417. The Kier molecular flexibility index (Phi) is 3.62. The maximum atomic E-state index is 6.13. The molecule has 2 nitrogen and oxygen atoms in total. The number of halogens is 1. The molecule has 1 aromatic carbocycles. The molecule has 0 aliphatic heterocycles. The summed E-state index contributed by atoms with van der Waals surface area (Å²) in [6.07, 6.45) is 0.987. The zero-order chi connectivity index (χ0) is 11.7. The number of fused-ring (bicyclic) bond motifs is 1. The molecule has 0 amide bonds. The summed E-state index contributed by atoms with van der Waals surface area (Å²) >= 11 is 5.16. The van der Waals surface area contributed by atoms with Crippen LogP contribution in [-0.2, 0) is 0 Å².